The molecule has 0 heterocycles. The van der Waals surface area contributed by atoms with Gasteiger partial charge in [0.2, 0.25) is 6.54 Å². The van der Waals surface area contributed by atoms with Crippen LogP contribution >= 0.6 is 0 Å². The van der Waals surface area contributed by atoms with E-state index in [0.29, 0.717) is 25.4 Å². The van der Waals surface area contributed by atoms with Crippen molar-refractivity contribution in [3.8, 4) is 0 Å². The van der Waals surface area contributed by atoms with Gasteiger partial charge in [-0.25, -0.2) is 0 Å². The molecule has 5 heteroatoms. The molecule has 94 valence electrons. The second-order valence-electron chi connectivity index (χ2n) is 3.56. The van der Waals surface area contributed by atoms with Crippen molar-refractivity contribution in [2.45, 2.75) is 0 Å². The van der Waals surface area contributed by atoms with Crippen LogP contribution in [-0.4, -0.2) is 45.3 Å². The molecule has 0 bridgehead atoms. The predicted molar refractivity (Wildman–Crippen MR) is 66.8 cm³/mol. The Balaban J connectivity index is 2.46. The van der Waals surface area contributed by atoms with Crippen LogP contribution in [0.15, 0.2) is 24.3 Å². The third-order valence-corrected chi connectivity index (χ3v) is 2.29. The molecule has 17 heavy (non-hydrogen) atoms. The first-order valence-corrected chi connectivity index (χ1v) is 5.54. The van der Waals surface area contributed by atoms with Crippen molar-refractivity contribution in [2.75, 3.05) is 45.8 Å². The average molecular weight is 239 g/mol. The second-order valence-corrected chi connectivity index (χ2v) is 3.56. The Bertz CT molecular complexity index is 338. The van der Waals surface area contributed by atoms with Gasteiger partial charge in [0.25, 0.3) is 5.69 Å². The molecule has 0 fully saturated rings. The van der Waals surface area contributed by atoms with Crippen molar-refractivity contribution in [1.82, 2.24) is 0 Å². The average Bonchev–Trinajstić information content (AvgIpc) is 2.37. The number of methoxy groups -OCH3 is 2. The summed E-state index contributed by atoms with van der Waals surface area (Å²) >= 11 is 0. The summed E-state index contributed by atoms with van der Waals surface area (Å²) in [6.07, 6.45) is 0. The molecule has 0 amide bonds. The third kappa shape index (κ3) is 4.93. The van der Waals surface area contributed by atoms with E-state index >= 15 is 0 Å². The van der Waals surface area contributed by atoms with E-state index < -0.39 is 0 Å². The van der Waals surface area contributed by atoms with E-state index in [2.05, 4.69) is 5.32 Å². The monoisotopic (exact) mass is 239 g/mol. The summed E-state index contributed by atoms with van der Waals surface area (Å²) in [5, 5.41) is 3.18. The number of rotatable bonds is 8. The Morgan fingerprint density at radius 3 is 2.35 bits per heavy atom. The summed E-state index contributed by atoms with van der Waals surface area (Å²) in [7, 11) is 3.24. The van der Waals surface area contributed by atoms with Crippen LogP contribution in [0.4, 0.5) is 11.4 Å². The lowest BCUT2D eigenvalue weighted by atomic mass is 10.2. The van der Waals surface area contributed by atoms with Crippen molar-refractivity contribution >= 4 is 11.4 Å². The molecule has 0 unspecified atom stereocenters. The smallest absolute Gasteiger partial charge is 0.256 e. The van der Waals surface area contributed by atoms with Crippen LogP contribution in [0.25, 0.3) is 0 Å². The van der Waals surface area contributed by atoms with Crippen LogP contribution in [-0.2, 0) is 9.47 Å². The fourth-order valence-corrected chi connectivity index (χ4v) is 1.35. The lowest BCUT2D eigenvalue weighted by Crippen LogP contribution is -2.09. The zero-order chi connectivity index (χ0) is 12.5. The topological polar surface area (TPSA) is 50.6 Å². The highest BCUT2D eigenvalue weighted by molar-refractivity contribution is 5.48. The van der Waals surface area contributed by atoms with E-state index in [1.807, 2.05) is 12.1 Å². The molecule has 0 radical (unpaired) electrons. The van der Waals surface area contributed by atoms with Gasteiger partial charge in [0.1, 0.15) is 6.61 Å². The van der Waals surface area contributed by atoms with E-state index in [4.69, 9.17) is 9.47 Å². The second kappa shape index (κ2) is 7.76. The van der Waals surface area contributed by atoms with Gasteiger partial charge in [0, 0.05) is 48.3 Å². The molecular weight excluding hydrogens is 220 g/mol. The van der Waals surface area contributed by atoms with Gasteiger partial charge >= 0.3 is 0 Å². The molecule has 1 N–H and O–H groups in total. The fraction of sp³-hybridized carbons (Fsp3) is 0.500. The number of anilines is 1. The van der Waals surface area contributed by atoms with Crippen molar-refractivity contribution < 1.29 is 14.2 Å². The molecule has 0 aliphatic heterocycles. The summed E-state index contributed by atoms with van der Waals surface area (Å²) in [6, 6.07) is 7.33. The zero-order valence-electron chi connectivity index (χ0n) is 10.3. The predicted octanol–water partition coefficient (Wildman–Crippen LogP) is 1.80. The fourth-order valence-electron chi connectivity index (χ4n) is 1.35. The Morgan fingerprint density at radius 1 is 1.12 bits per heavy atom. The first-order chi connectivity index (χ1) is 8.27. The Morgan fingerprint density at radius 2 is 1.76 bits per heavy atom. The van der Waals surface area contributed by atoms with Crippen LogP contribution in [0.3, 0.4) is 0 Å². The highest BCUT2D eigenvalue weighted by Crippen LogP contribution is 2.15. The molecular formula is C12H19N2O3+. The Kier molecular flexibility index (Phi) is 6.21. The minimum Gasteiger partial charge on any atom is -0.383 e. The van der Waals surface area contributed by atoms with Gasteiger partial charge in [-0.05, 0) is 12.1 Å². The summed E-state index contributed by atoms with van der Waals surface area (Å²) in [6.45, 7) is 2.17. The van der Waals surface area contributed by atoms with E-state index in [9.17, 15) is 4.91 Å². The molecule has 1 aromatic rings. The first-order valence-electron chi connectivity index (χ1n) is 5.54. The van der Waals surface area contributed by atoms with Crippen LogP contribution in [0, 0.1) is 4.91 Å². The van der Waals surface area contributed by atoms with Crippen molar-refractivity contribution in [1.29, 1.82) is 0 Å². The maximum absolute atomic E-state index is 11.6. The highest BCUT2D eigenvalue weighted by Gasteiger charge is 2.11. The van der Waals surface area contributed by atoms with Crippen LogP contribution < -0.4 is 5.32 Å². The van der Waals surface area contributed by atoms with E-state index in [1.54, 1.807) is 26.4 Å². The van der Waals surface area contributed by atoms with Gasteiger partial charge in [-0.1, -0.05) is 0 Å². The van der Waals surface area contributed by atoms with Crippen LogP contribution in [0.1, 0.15) is 0 Å². The number of nitroso groups, excluding NO2 is 1. The Hall–Kier alpha value is -1.46. The largest absolute Gasteiger partial charge is 0.383 e. The Labute approximate surface area is 101 Å². The van der Waals surface area contributed by atoms with Crippen LogP contribution in [0.2, 0.25) is 0 Å². The lowest BCUT2D eigenvalue weighted by Gasteiger charge is -2.04. The third-order valence-electron chi connectivity index (χ3n) is 2.29. The number of hydrogen-bond acceptors (Lipinski definition) is 4. The molecule has 1 aromatic carbocycles. The zero-order valence-corrected chi connectivity index (χ0v) is 10.3. The molecule has 0 aromatic heterocycles. The van der Waals surface area contributed by atoms with Gasteiger partial charge in [-0.3, -0.25) is 0 Å². The lowest BCUT2D eigenvalue weighted by molar-refractivity contribution is -0.466. The number of nitrogens with one attached hydrogen (secondary N) is 1. The van der Waals surface area contributed by atoms with Gasteiger partial charge in [0.15, 0.2) is 0 Å². The molecule has 0 aliphatic carbocycles. The van der Waals surface area contributed by atoms with Crippen molar-refractivity contribution in [2.24, 2.45) is 0 Å². The minimum absolute atomic E-state index is 0.340. The molecule has 0 spiro atoms. The number of hydrogen-bond donors (Lipinski definition) is 1. The molecule has 1 rings (SSSR count). The first kappa shape index (κ1) is 13.6. The van der Waals surface area contributed by atoms with E-state index in [0.717, 1.165) is 17.0 Å². The van der Waals surface area contributed by atoms with E-state index in [1.165, 1.54) is 0 Å². The summed E-state index contributed by atoms with van der Waals surface area (Å²) < 4.78 is 10.7. The molecule has 0 saturated heterocycles. The van der Waals surface area contributed by atoms with E-state index in [-0.39, 0.29) is 0 Å². The molecule has 0 saturated carbocycles. The number of nitrogens with zero attached hydrogens (tertiary/aromatic N) is 1. The van der Waals surface area contributed by atoms with Crippen molar-refractivity contribution in [3.05, 3.63) is 29.2 Å². The molecule has 0 aliphatic rings. The molecule has 0 atom stereocenters. The minimum atomic E-state index is 0.340. The van der Waals surface area contributed by atoms with Gasteiger partial charge in [0.05, 0.1) is 6.61 Å². The van der Waals surface area contributed by atoms with Gasteiger partial charge in [-0.15, -0.1) is 0 Å². The summed E-state index contributed by atoms with van der Waals surface area (Å²) in [5.41, 5.74) is 1.62. The highest BCUT2D eigenvalue weighted by atomic mass is 16.5. The maximum Gasteiger partial charge on any atom is 0.256 e. The number of ether oxygens (including phenoxy) is 2. The maximum atomic E-state index is 11.6. The van der Waals surface area contributed by atoms with Gasteiger partial charge in [-0.2, -0.15) is 0 Å². The SMILES string of the molecule is COCCNc1ccc([N+](=O)CCOC)cc1. The van der Waals surface area contributed by atoms with Crippen molar-refractivity contribution in [3.63, 3.8) is 0 Å². The normalized spacial score (nSPS) is 10.2. The molecule has 5 nitrogen and oxygen atoms in total. The van der Waals surface area contributed by atoms with Gasteiger partial charge < -0.3 is 14.8 Å². The summed E-state index contributed by atoms with van der Waals surface area (Å²) in [5.74, 6) is 0. The standard InChI is InChI=1S/C12H19N2O3/c1-16-9-7-13-11-3-5-12(6-4-11)14(15)8-10-17-2/h3-6,13H,7-10H2,1-2H3/q+1. The summed E-state index contributed by atoms with van der Waals surface area (Å²) in [4.78, 5) is 11.6. The number of benzene rings is 1. The van der Waals surface area contributed by atoms with Crippen LogP contribution in [0.5, 0.6) is 0 Å². The quantitative estimate of drug-likeness (QED) is 0.555.